The Labute approximate surface area is 63.2 Å². The largest absolute Gasteiger partial charge is 0.316 e. The van der Waals surface area contributed by atoms with E-state index in [9.17, 15) is 0 Å². The molecule has 1 saturated heterocycles. The summed E-state index contributed by atoms with van der Waals surface area (Å²) in [7, 11) is 0. The van der Waals surface area contributed by atoms with Gasteiger partial charge in [-0.3, -0.25) is 0 Å². The molecular weight excluding hydrogens is 122 g/mol. The predicted molar refractivity (Wildman–Crippen MR) is 42.9 cm³/mol. The van der Waals surface area contributed by atoms with E-state index < -0.39 is 0 Å². The average molecular weight is 139 g/mol. The molecule has 2 aliphatic rings. The van der Waals surface area contributed by atoms with Gasteiger partial charge in [-0.2, -0.15) is 0 Å². The zero-order valence-electron chi connectivity index (χ0n) is 6.98. The highest BCUT2D eigenvalue weighted by Crippen LogP contribution is 2.55. The van der Waals surface area contributed by atoms with Crippen LogP contribution in [0.25, 0.3) is 0 Å². The maximum absolute atomic E-state index is 3.51. The fourth-order valence-corrected chi connectivity index (χ4v) is 2.48. The first-order valence-electron chi connectivity index (χ1n) is 4.45. The van der Waals surface area contributed by atoms with E-state index in [4.69, 9.17) is 0 Å². The first kappa shape index (κ1) is 6.66. The van der Waals surface area contributed by atoms with E-state index in [1.807, 2.05) is 0 Å². The maximum atomic E-state index is 3.51. The summed E-state index contributed by atoms with van der Waals surface area (Å²) in [5.41, 5.74) is 0.772. The first-order valence-corrected chi connectivity index (χ1v) is 4.45. The fourth-order valence-electron chi connectivity index (χ4n) is 2.48. The van der Waals surface area contributed by atoms with Crippen molar-refractivity contribution in [1.29, 1.82) is 0 Å². The smallest absolute Gasteiger partial charge is 0.00112 e. The molecule has 1 heterocycles. The van der Waals surface area contributed by atoms with Crippen molar-refractivity contribution in [3.05, 3.63) is 0 Å². The van der Waals surface area contributed by atoms with E-state index in [0.29, 0.717) is 0 Å². The van der Waals surface area contributed by atoms with Crippen LogP contribution in [-0.2, 0) is 0 Å². The average Bonchev–Trinajstić information content (AvgIpc) is 2.42. The van der Waals surface area contributed by atoms with E-state index in [0.717, 1.165) is 17.3 Å². The normalized spacial score (nSPS) is 35.7. The van der Waals surface area contributed by atoms with Crippen LogP contribution in [0.2, 0.25) is 0 Å². The molecule has 1 aliphatic carbocycles. The summed E-state index contributed by atoms with van der Waals surface area (Å²) >= 11 is 0. The third-order valence-electron chi connectivity index (χ3n) is 3.32. The Balaban J connectivity index is 2.07. The Morgan fingerprint density at radius 2 is 2.10 bits per heavy atom. The molecule has 1 spiro atoms. The van der Waals surface area contributed by atoms with Gasteiger partial charge in [0.2, 0.25) is 0 Å². The fraction of sp³-hybridized carbons (Fsp3) is 1.00. The van der Waals surface area contributed by atoms with Crippen LogP contribution in [0, 0.1) is 17.3 Å². The first-order chi connectivity index (χ1) is 4.75. The summed E-state index contributed by atoms with van der Waals surface area (Å²) in [5, 5.41) is 3.51. The third-order valence-corrected chi connectivity index (χ3v) is 3.32. The lowest BCUT2D eigenvalue weighted by Gasteiger charge is -2.20. The highest BCUT2D eigenvalue weighted by molar-refractivity contribution is 5.05. The molecule has 1 heteroatoms. The molecule has 1 atom stereocenters. The molecule has 0 aromatic carbocycles. The lowest BCUT2D eigenvalue weighted by molar-refractivity contribution is 0.301. The van der Waals surface area contributed by atoms with Gasteiger partial charge in [0, 0.05) is 6.54 Å². The van der Waals surface area contributed by atoms with Crippen LogP contribution < -0.4 is 5.32 Å². The molecule has 58 valence electrons. The van der Waals surface area contributed by atoms with Crippen LogP contribution in [0.1, 0.15) is 26.7 Å². The summed E-state index contributed by atoms with van der Waals surface area (Å²) in [6.45, 7) is 7.29. The van der Waals surface area contributed by atoms with Crippen LogP contribution in [-0.4, -0.2) is 13.1 Å². The summed E-state index contributed by atoms with van der Waals surface area (Å²) < 4.78 is 0. The van der Waals surface area contributed by atoms with Crippen molar-refractivity contribution in [1.82, 2.24) is 5.32 Å². The second-order valence-corrected chi connectivity index (χ2v) is 4.34. The molecule has 0 radical (unpaired) electrons. The van der Waals surface area contributed by atoms with Gasteiger partial charge in [-0.25, -0.2) is 0 Å². The van der Waals surface area contributed by atoms with Gasteiger partial charge in [0.05, 0.1) is 0 Å². The summed E-state index contributed by atoms with van der Waals surface area (Å²) in [5.74, 6) is 1.87. The van der Waals surface area contributed by atoms with Gasteiger partial charge < -0.3 is 5.32 Å². The minimum absolute atomic E-state index is 0.772. The highest BCUT2D eigenvalue weighted by atomic mass is 15.0. The Bertz CT molecular complexity index is 136. The van der Waals surface area contributed by atoms with E-state index in [-0.39, 0.29) is 0 Å². The van der Waals surface area contributed by atoms with E-state index in [1.165, 1.54) is 25.9 Å². The molecule has 1 N–H and O–H groups in total. The van der Waals surface area contributed by atoms with Gasteiger partial charge in [-0.15, -0.1) is 0 Å². The number of nitrogens with one attached hydrogen (secondary N) is 1. The molecule has 2 rings (SSSR count). The van der Waals surface area contributed by atoms with Crippen molar-refractivity contribution in [3.63, 3.8) is 0 Å². The summed E-state index contributed by atoms with van der Waals surface area (Å²) in [6, 6.07) is 0. The van der Waals surface area contributed by atoms with Crippen LogP contribution in [0.4, 0.5) is 0 Å². The van der Waals surface area contributed by atoms with Crippen molar-refractivity contribution in [2.24, 2.45) is 17.3 Å². The van der Waals surface area contributed by atoms with E-state index in [2.05, 4.69) is 19.2 Å². The van der Waals surface area contributed by atoms with Crippen molar-refractivity contribution in [3.8, 4) is 0 Å². The third kappa shape index (κ3) is 0.800. The van der Waals surface area contributed by atoms with Crippen LogP contribution in [0.15, 0.2) is 0 Å². The molecule has 1 saturated carbocycles. The minimum Gasteiger partial charge on any atom is -0.316 e. The van der Waals surface area contributed by atoms with Crippen LogP contribution in [0.3, 0.4) is 0 Å². The summed E-state index contributed by atoms with van der Waals surface area (Å²) in [6.07, 6.45) is 2.98. The second kappa shape index (κ2) is 1.97. The van der Waals surface area contributed by atoms with E-state index >= 15 is 0 Å². The predicted octanol–water partition coefficient (Wildman–Crippen LogP) is 1.64. The van der Waals surface area contributed by atoms with Crippen LogP contribution >= 0.6 is 0 Å². The Kier molecular flexibility index (Phi) is 1.31. The quantitative estimate of drug-likeness (QED) is 0.582. The molecular formula is C9H17N. The summed E-state index contributed by atoms with van der Waals surface area (Å²) in [4.78, 5) is 0. The molecule has 1 nitrogen and oxygen atoms in total. The molecule has 0 aromatic rings. The maximum Gasteiger partial charge on any atom is 0.00112 e. The lowest BCUT2D eigenvalue weighted by Crippen LogP contribution is -2.19. The topological polar surface area (TPSA) is 12.0 Å². The minimum atomic E-state index is 0.772. The highest BCUT2D eigenvalue weighted by Gasteiger charge is 2.52. The standard InChI is InChI=1S/C9H17N/c1-7(2)8-5-10-6-9(8)3-4-9/h7-8,10H,3-6H2,1-2H3/t8-/m1/s1. The molecule has 0 unspecified atom stereocenters. The van der Waals surface area contributed by atoms with Gasteiger partial charge in [-0.1, -0.05) is 13.8 Å². The number of rotatable bonds is 1. The Morgan fingerprint density at radius 1 is 1.40 bits per heavy atom. The zero-order chi connectivity index (χ0) is 7.19. The van der Waals surface area contributed by atoms with Gasteiger partial charge in [-0.05, 0) is 36.6 Å². The van der Waals surface area contributed by atoms with Gasteiger partial charge in [0.25, 0.3) is 0 Å². The van der Waals surface area contributed by atoms with Crippen molar-refractivity contribution in [2.45, 2.75) is 26.7 Å². The monoisotopic (exact) mass is 139 g/mol. The Morgan fingerprint density at radius 3 is 2.50 bits per heavy atom. The SMILES string of the molecule is CC(C)[C@H]1CNCC12CC2. The van der Waals surface area contributed by atoms with Crippen LogP contribution in [0.5, 0.6) is 0 Å². The number of hydrogen-bond acceptors (Lipinski definition) is 1. The molecule has 10 heavy (non-hydrogen) atoms. The van der Waals surface area contributed by atoms with Crippen molar-refractivity contribution >= 4 is 0 Å². The van der Waals surface area contributed by atoms with Gasteiger partial charge >= 0.3 is 0 Å². The molecule has 2 fully saturated rings. The number of hydrogen-bond donors (Lipinski definition) is 1. The van der Waals surface area contributed by atoms with E-state index in [1.54, 1.807) is 0 Å². The zero-order valence-corrected chi connectivity index (χ0v) is 6.98. The molecule has 1 aliphatic heterocycles. The molecule has 0 aromatic heterocycles. The molecule has 0 amide bonds. The molecule has 0 bridgehead atoms. The second-order valence-electron chi connectivity index (χ2n) is 4.34. The lowest BCUT2D eigenvalue weighted by atomic mass is 9.84. The van der Waals surface area contributed by atoms with Crippen molar-refractivity contribution < 1.29 is 0 Å². The van der Waals surface area contributed by atoms with Crippen molar-refractivity contribution in [2.75, 3.05) is 13.1 Å². The Hall–Kier alpha value is -0.0400. The van der Waals surface area contributed by atoms with Gasteiger partial charge in [0.15, 0.2) is 0 Å². The van der Waals surface area contributed by atoms with Gasteiger partial charge in [0.1, 0.15) is 0 Å².